The van der Waals surface area contributed by atoms with Crippen molar-refractivity contribution in [1.29, 1.82) is 0 Å². The lowest BCUT2D eigenvalue weighted by atomic mass is 9.91. The second-order valence-corrected chi connectivity index (χ2v) is 15.3. The van der Waals surface area contributed by atoms with Crippen LogP contribution >= 0.6 is 0 Å². The Morgan fingerprint density at radius 2 is 0.710 bits per heavy atom. The zero-order valence-electron chi connectivity index (χ0n) is 34.9. The average Bonchev–Trinajstić information content (AvgIpc) is 3.35. The molecular formula is C61H47N. The van der Waals surface area contributed by atoms with Gasteiger partial charge in [0.25, 0.3) is 0 Å². The van der Waals surface area contributed by atoms with E-state index in [1.165, 1.54) is 44.5 Å². The van der Waals surface area contributed by atoms with Gasteiger partial charge in [-0.05, 0) is 121 Å². The minimum Gasteiger partial charge on any atom is -0.310 e. The molecule has 296 valence electrons. The first-order chi connectivity index (χ1) is 30.7. The molecule has 0 fully saturated rings. The van der Waals surface area contributed by atoms with E-state index in [1.54, 1.807) is 0 Å². The zero-order valence-corrected chi connectivity index (χ0v) is 34.9. The third kappa shape index (κ3) is 8.52. The topological polar surface area (TPSA) is 3.24 Å². The van der Waals surface area contributed by atoms with Crippen LogP contribution in [0.1, 0.15) is 12.5 Å². The summed E-state index contributed by atoms with van der Waals surface area (Å²) in [6.45, 7) is 6.18. The van der Waals surface area contributed by atoms with Crippen LogP contribution in [0, 0.1) is 0 Å². The van der Waals surface area contributed by atoms with Crippen molar-refractivity contribution in [3.63, 3.8) is 0 Å². The van der Waals surface area contributed by atoms with Crippen molar-refractivity contribution < 1.29 is 0 Å². The van der Waals surface area contributed by atoms with Crippen LogP contribution in [-0.4, -0.2) is 0 Å². The molecule has 0 unspecified atom stereocenters. The fourth-order valence-corrected chi connectivity index (χ4v) is 8.31. The Morgan fingerprint density at radius 1 is 0.355 bits per heavy atom. The smallest absolute Gasteiger partial charge is 0.0468 e. The van der Waals surface area contributed by atoms with Gasteiger partial charge in [-0.1, -0.05) is 225 Å². The maximum Gasteiger partial charge on any atom is 0.0468 e. The van der Waals surface area contributed by atoms with Gasteiger partial charge in [-0.3, -0.25) is 0 Å². The molecule has 0 amide bonds. The van der Waals surface area contributed by atoms with Gasteiger partial charge in [0.1, 0.15) is 0 Å². The van der Waals surface area contributed by atoms with Crippen LogP contribution in [0.3, 0.4) is 0 Å². The highest BCUT2D eigenvalue weighted by Crippen LogP contribution is 2.44. The molecule has 62 heavy (non-hydrogen) atoms. The first-order valence-electron chi connectivity index (χ1n) is 21.2. The SMILES string of the molecule is C=C/C=C(\C=C/C)c1cc(N(c2ccc(-c3ccccc3)cc2)c2ccc(-c3ccc(-c4ccccc4)cc3)c(-c3ccccc3)c2)ccc1-c1ccc(-c2ccccc2)cc1. The number of rotatable bonds is 12. The summed E-state index contributed by atoms with van der Waals surface area (Å²) < 4.78 is 0. The summed E-state index contributed by atoms with van der Waals surface area (Å²) in [5.41, 5.74) is 19.5. The first-order valence-corrected chi connectivity index (χ1v) is 21.2. The van der Waals surface area contributed by atoms with Crippen LogP contribution in [0.5, 0.6) is 0 Å². The normalized spacial score (nSPS) is 11.4. The molecule has 0 atom stereocenters. The van der Waals surface area contributed by atoms with E-state index in [0.717, 1.165) is 50.5 Å². The molecule has 1 nitrogen and oxygen atoms in total. The van der Waals surface area contributed by atoms with Gasteiger partial charge in [-0.25, -0.2) is 0 Å². The molecule has 0 saturated heterocycles. The van der Waals surface area contributed by atoms with Crippen LogP contribution in [0.15, 0.2) is 261 Å². The highest BCUT2D eigenvalue weighted by molar-refractivity contribution is 5.93. The van der Waals surface area contributed by atoms with E-state index in [9.17, 15) is 0 Å². The van der Waals surface area contributed by atoms with E-state index in [0.29, 0.717) is 0 Å². The zero-order chi connectivity index (χ0) is 42.1. The minimum absolute atomic E-state index is 1.05. The maximum absolute atomic E-state index is 4.11. The number of hydrogen-bond acceptors (Lipinski definition) is 1. The van der Waals surface area contributed by atoms with E-state index in [1.807, 2.05) is 6.08 Å². The number of benzene rings is 9. The molecule has 0 N–H and O–H groups in total. The van der Waals surface area contributed by atoms with Crippen molar-refractivity contribution in [2.45, 2.75) is 6.92 Å². The quantitative estimate of drug-likeness (QED) is 0.111. The lowest BCUT2D eigenvalue weighted by molar-refractivity contribution is 1.28. The van der Waals surface area contributed by atoms with Crippen molar-refractivity contribution in [2.75, 3.05) is 4.90 Å². The Labute approximate surface area is 366 Å². The van der Waals surface area contributed by atoms with E-state index in [-0.39, 0.29) is 0 Å². The molecule has 0 aliphatic heterocycles. The molecule has 0 radical (unpaired) electrons. The molecule has 0 aromatic heterocycles. The van der Waals surface area contributed by atoms with Gasteiger partial charge >= 0.3 is 0 Å². The van der Waals surface area contributed by atoms with Crippen LogP contribution in [0.4, 0.5) is 17.1 Å². The fraction of sp³-hybridized carbons (Fsp3) is 0.0164. The maximum atomic E-state index is 4.11. The summed E-state index contributed by atoms with van der Waals surface area (Å²) in [4.78, 5) is 2.39. The van der Waals surface area contributed by atoms with Gasteiger partial charge in [-0.15, -0.1) is 0 Å². The summed E-state index contributed by atoms with van der Waals surface area (Å²) in [7, 11) is 0. The van der Waals surface area contributed by atoms with E-state index < -0.39 is 0 Å². The molecular weight excluding hydrogens is 747 g/mol. The van der Waals surface area contributed by atoms with Gasteiger partial charge in [0.05, 0.1) is 0 Å². The largest absolute Gasteiger partial charge is 0.310 e. The van der Waals surface area contributed by atoms with Crippen molar-refractivity contribution in [1.82, 2.24) is 0 Å². The van der Waals surface area contributed by atoms with Crippen molar-refractivity contribution in [3.05, 3.63) is 267 Å². The van der Waals surface area contributed by atoms with Crippen LogP contribution in [-0.2, 0) is 0 Å². The van der Waals surface area contributed by atoms with E-state index >= 15 is 0 Å². The molecule has 0 aliphatic rings. The van der Waals surface area contributed by atoms with E-state index in [4.69, 9.17) is 0 Å². The molecule has 0 spiro atoms. The number of nitrogens with zero attached hydrogens (tertiary/aromatic N) is 1. The predicted octanol–water partition coefficient (Wildman–Crippen LogP) is 17.3. The number of hydrogen-bond donors (Lipinski definition) is 0. The molecule has 9 aromatic carbocycles. The minimum atomic E-state index is 1.05. The van der Waals surface area contributed by atoms with Gasteiger partial charge in [-0.2, -0.15) is 0 Å². The second-order valence-electron chi connectivity index (χ2n) is 15.3. The molecule has 0 saturated carbocycles. The highest BCUT2D eigenvalue weighted by atomic mass is 15.1. The Balaban J connectivity index is 1.21. The number of anilines is 3. The second kappa shape index (κ2) is 18.5. The summed E-state index contributed by atoms with van der Waals surface area (Å²) in [6.07, 6.45) is 8.25. The van der Waals surface area contributed by atoms with Crippen LogP contribution in [0.2, 0.25) is 0 Å². The van der Waals surface area contributed by atoms with Crippen molar-refractivity contribution >= 4 is 22.6 Å². The molecule has 0 heterocycles. The Kier molecular flexibility index (Phi) is 11.8. The monoisotopic (exact) mass is 793 g/mol. The highest BCUT2D eigenvalue weighted by Gasteiger charge is 2.19. The summed E-state index contributed by atoms with van der Waals surface area (Å²) in [5.74, 6) is 0. The summed E-state index contributed by atoms with van der Waals surface area (Å²) in [6, 6.07) is 83.0. The van der Waals surface area contributed by atoms with E-state index in [2.05, 4.69) is 267 Å². The van der Waals surface area contributed by atoms with Gasteiger partial charge in [0, 0.05) is 17.1 Å². The first kappa shape index (κ1) is 39.5. The lowest BCUT2D eigenvalue weighted by Crippen LogP contribution is -2.11. The van der Waals surface area contributed by atoms with Gasteiger partial charge in [0.2, 0.25) is 0 Å². The Morgan fingerprint density at radius 3 is 1.18 bits per heavy atom. The molecule has 0 aliphatic carbocycles. The van der Waals surface area contributed by atoms with Gasteiger partial charge in [0.15, 0.2) is 0 Å². The summed E-state index contributed by atoms with van der Waals surface area (Å²) in [5, 5.41) is 0. The Bertz CT molecular complexity index is 2960. The fourth-order valence-electron chi connectivity index (χ4n) is 8.31. The Hall–Kier alpha value is -8.00. The number of allylic oxidation sites excluding steroid dienone is 5. The van der Waals surface area contributed by atoms with Crippen molar-refractivity contribution in [3.8, 4) is 66.8 Å². The van der Waals surface area contributed by atoms with Crippen LogP contribution in [0.25, 0.3) is 72.3 Å². The lowest BCUT2D eigenvalue weighted by Gasteiger charge is -2.28. The summed E-state index contributed by atoms with van der Waals surface area (Å²) >= 11 is 0. The standard InChI is InChI=1S/C61H47N/c1-3-17-51(18-4-2)60-43-56(39-41-58(60)53-31-27-48(28-32-53)45-19-9-5-10-20-45)62(55-37-35-50(36-38-55)47-23-13-7-14-24-47)57-40-42-59(61(44-57)52-25-15-8-16-26-52)54-33-29-49(30-34-54)46-21-11-6-12-22-46/h3-44H,1H2,2H3/b18-4-,51-17+. The molecule has 9 rings (SSSR count). The molecule has 9 aromatic rings. The third-order valence-corrected chi connectivity index (χ3v) is 11.4. The average molecular weight is 794 g/mol. The molecule has 0 bridgehead atoms. The van der Waals surface area contributed by atoms with Crippen molar-refractivity contribution in [2.24, 2.45) is 0 Å². The predicted molar refractivity (Wildman–Crippen MR) is 267 cm³/mol. The van der Waals surface area contributed by atoms with Crippen LogP contribution < -0.4 is 4.90 Å². The third-order valence-electron chi connectivity index (χ3n) is 11.4. The molecule has 1 heteroatoms. The van der Waals surface area contributed by atoms with Gasteiger partial charge < -0.3 is 4.90 Å².